The van der Waals surface area contributed by atoms with Crippen LogP contribution in [0.1, 0.15) is 85.5 Å². The van der Waals surface area contributed by atoms with E-state index >= 15 is 0 Å². The molecule has 8 heteroatoms. The minimum atomic E-state index is -0.988. The van der Waals surface area contributed by atoms with Crippen LogP contribution in [0.25, 0.3) is 11.0 Å². The van der Waals surface area contributed by atoms with Gasteiger partial charge in [-0.1, -0.05) is 42.5 Å². The first-order valence-corrected chi connectivity index (χ1v) is 16.1. The van der Waals surface area contributed by atoms with Crippen LogP contribution in [-0.4, -0.2) is 50.5 Å². The SMILES string of the molecule is COc1ccc2nc(SC[C@]3(O)CC[C@H]4c5ccc(cc5C(=O)c5ccco5)C[C@@H](O)CCC(C)=CCC[C@@]43C)[nH]c2c1. The first-order chi connectivity index (χ1) is 20.7. The van der Waals surface area contributed by atoms with Gasteiger partial charge in [0, 0.05) is 22.8 Å². The Hall–Kier alpha value is -3.33. The summed E-state index contributed by atoms with van der Waals surface area (Å²) in [5, 5.41) is 24.0. The van der Waals surface area contributed by atoms with Gasteiger partial charge in [0.15, 0.2) is 10.9 Å². The molecule has 226 valence electrons. The van der Waals surface area contributed by atoms with Gasteiger partial charge in [-0.3, -0.25) is 4.79 Å². The molecule has 2 aromatic heterocycles. The number of methoxy groups -OCH3 is 1. The second-order valence-corrected chi connectivity index (χ2v) is 13.4. The second kappa shape index (κ2) is 12.0. The number of rotatable bonds is 6. The number of benzene rings is 2. The summed E-state index contributed by atoms with van der Waals surface area (Å²) in [6, 6.07) is 15.2. The fourth-order valence-corrected chi connectivity index (χ4v) is 8.26. The maximum Gasteiger partial charge on any atom is 0.228 e. The van der Waals surface area contributed by atoms with E-state index in [0.717, 1.165) is 58.7 Å². The lowest BCUT2D eigenvalue weighted by Crippen LogP contribution is -2.46. The van der Waals surface area contributed by atoms with Gasteiger partial charge >= 0.3 is 0 Å². The van der Waals surface area contributed by atoms with E-state index < -0.39 is 17.1 Å². The molecule has 3 aliphatic rings. The Kier molecular flexibility index (Phi) is 8.28. The highest BCUT2D eigenvalue weighted by molar-refractivity contribution is 7.99. The van der Waals surface area contributed by atoms with Gasteiger partial charge in [0.1, 0.15) is 5.75 Å². The number of H-pyrrole nitrogens is 1. The van der Waals surface area contributed by atoms with Crippen molar-refractivity contribution in [1.29, 1.82) is 0 Å². The molecule has 43 heavy (non-hydrogen) atoms. The van der Waals surface area contributed by atoms with Crippen LogP contribution in [0.15, 0.2) is 76.0 Å². The summed E-state index contributed by atoms with van der Waals surface area (Å²) in [5.41, 5.74) is 3.99. The molecule has 3 N–H and O–H groups in total. The number of nitrogens with one attached hydrogen (secondary N) is 1. The molecule has 1 saturated carbocycles. The van der Waals surface area contributed by atoms with Crippen LogP contribution in [-0.2, 0) is 6.42 Å². The van der Waals surface area contributed by atoms with E-state index in [2.05, 4.69) is 31.0 Å². The number of allylic oxidation sites excluding steroid dienone is 2. The van der Waals surface area contributed by atoms with Crippen molar-refractivity contribution >= 4 is 28.6 Å². The molecule has 0 spiro atoms. The number of carbonyl (C=O) groups is 1. The van der Waals surface area contributed by atoms with E-state index in [1.54, 1.807) is 31.0 Å². The third kappa shape index (κ3) is 5.80. The molecule has 0 amide bonds. The summed E-state index contributed by atoms with van der Waals surface area (Å²) in [5.74, 6) is 1.34. The van der Waals surface area contributed by atoms with E-state index in [0.29, 0.717) is 36.3 Å². The molecule has 0 aliphatic heterocycles. The fraction of sp³-hybridized carbons (Fsp3) is 0.429. The largest absolute Gasteiger partial charge is 0.497 e. The van der Waals surface area contributed by atoms with Gasteiger partial charge in [-0.05, 0) is 99.2 Å². The van der Waals surface area contributed by atoms with Crippen molar-refractivity contribution in [3.05, 3.63) is 88.9 Å². The minimum Gasteiger partial charge on any atom is -0.497 e. The predicted molar refractivity (Wildman–Crippen MR) is 169 cm³/mol. The zero-order valence-electron chi connectivity index (χ0n) is 25.1. The molecule has 1 fully saturated rings. The molecule has 7 rings (SSSR count). The number of hydrogen-bond acceptors (Lipinski definition) is 7. The van der Waals surface area contributed by atoms with Gasteiger partial charge in [-0.2, -0.15) is 0 Å². The Morgan fingerprint density at radius 2 is 2.05 bits per heavy atom. The molecule has 0 unspecified atom stereocenters. The number of furan rings is 1. The van der Waals surface area contributed by atoms with Crippen molar-refractivity contribution in [2.75, 3.05) is 12.9 Å². The smallest absolute Gasteiger partial charge is 0.228 e. The van der Waals surface area contributed by atoms with Gasteiger partial charge < -0.3 is 24.4 Å². The molecule has 7 nitrogen and oxygen atoms in total. The fourth-order valence-electron chi connectivity index (χ4n) is 7.06. The van der Waals surface area contributed by atoms with E-state index in [-0.39, 0.29) is 11.7 Å². The number of ether oxygens (including phenoxy) is 1. The number of carbonyl (C=O) groups excluding carboxylic acids is 1. The Labute approximate surface area is 256 Å². The Balaban J connectivity index is 1.37. The molecule has 3 aliphatic carbocycles. The number of aromatic nitrogens is 2. The standard InChI is InChI=1S/C35H40N2O5S/c1-22-6-4-15-34(2)28(14-16-35(34,40)21-43-33-36-29-13-11-25(41-3)20-30(29)37-33)26-12-9-23(18-24(38)10-8-22)19-27(26)32(39)31-7-5-17-42-31/h5-7,9,11-13,17,19-20,24,28,38,40H,4,8,10,14-16,18,21H2,1-3H3,(H,36,37)/t24-,28-,34-,35+/m0/s1. The molecule has 2 aromatic carbocycles. The molecule has 4 atom stereocenters. The number of aliphatic hydroxyl groups excluding tert-OH is 1. The van der Waals surface area contributed by atoms with Crippen LogP contribution in [0.3, 0.4) is 0 Å². The quantitative estimate of drug-likeness (QED) is 0.122. The zero-order chi connectivity index (χ0) is 30.2. The Morgan fingerprint density at radius 1 is 1.19 bits per heavy atom. The lowest BCUT2D eigenvalue weighted by atomic mass is 9.65. The number of fused-ring (bicyclic) bond motifs is 9. The number of aromatic amines is 1. The Morgan fingerprint density at radius 3 is 2.84 bits per heavy atom. The molecular formula is C35H40N2O5S. The number of hydrogen-bond donors (Lipinski definition) is 3. The lowest BCUT2D eigenvalue weighted by molar-refractivity contribution is -0.0422. The van der Waals surface area contributed by atoms with Gasteiger partial charge in [-0.15, -0.1) is 0 Å². The van der Waals surface area contributed by atoms with Crippen molar-refractivity contribution in [2.45, 2.75) is 81.6 Å². The van der Waals surface area contributed by atoms with Gasteiger partial charge in [-0.25, -0.2) is 4.98 Å². The first-order valence-electron chi connectivity index (χ1n) is 15.1. The number of ketones is 1. The molecule has 2 heterocycles. The third-order valence-electron chi connectivity index (χ3n) is 9.78. The van der Waals surface area contributed by atoms with Crippen molar-refractivity contribution < 1.29 is 24.2 Å². The second-order valence-electron chi connectivity index (χ2n) is 12.5. The molecule has 0 saturated heterocycles. The van der Waals surface area contributed by atoms with Crippen molar-refractivity contribution in [3.8, 4) is 5.75 Å². The normalized spacial score (nSPS) is 26.2. The van der Waals surface area contributed by atoms with Crippen LogP contribution in [0.5, 0.6) is 5.75 Å². The molecular weight excluding hydrogens is 560 g/mol. The van der Waals surface area contributed by atoms with Gasteiger partial charge in [0.2, 0.25) is 5.78 Å². The average molecular weight is 601 g/mol. The van der Waals surface area contributed by atoms with Crippen molar-refractivity contribution in [3.63, 3.8) is 0 Å². The zero-order valence-corrected chi connectivity index (χ0v) is 25.9. The summed E-state index contributed by atoms with van der Waals surface area (Å²) in [7, 11) is 1.65. The maximum atomic E-state index is 13.8. The van der Waals surface area contributed by atoms with E-state index in [1.807, 2.05) is 30.3 Å². The number of nitrogens with zero attached hydrogens (tertiary/aromatic N) is 1. The van der Waals surface area contributed by atoms with E-state index in [4.69, 9.17) is 14.1 Å². The number of thioether (sulfide) groups is 1. The van der Waals surface area contributed by atoms with E-state index in [9.17, 15) is 15.0 Å². The summed E-state index contributed by atoms with van der Waals surface area (Å²) in [6.07, 6.45) is 8.21. The van der Waals surface area contributed by atoms with E-state index in [1.165, 1.54) is 11.8 Å². The first kappa shape index (κ1) is 29.7. The van der Waals surface area contributed by atoms with Crippen LogP contribution >= 0.6 is 11.8 Å². The predicted octanol–water partition coefficient (Wildman–Crippen LogP) is 7.23. The minimum absolute atomic E-state index is 0.0393. The van der Waals surface area contributed by atoms with Crippen LogP contribution in [0, 0.1) is 5.41 Å². The average Bonchev–Trinajstić information content (AvgIpc) is 3.73. The number of aliphatic hydroxyl groups is 2. The highest BCUT2D eigenvalue weighted by Crippen LogP contribution is 2.59. The number of imidazole rings is 1. The molecule has 0 radical (unpaired) electrons. The highest BCUT2D eigenvalue weighted by Gasteiger charge is 2.56. The molecule has 4 aromatic rings. The summed E-state index contributed by atoms with van der Waals surface area (Å²) in [6.45, 7) is 4.32. The van der Waals surface area contributed by atoms with Crippen molar-refractivity contribution in [2.24, 2.45) is 5.41 Å². The van der Waals surface area contributed by atoms with Crippen LogP contribution < -0.4 is 4.74 Å². The lowest BCUT2D eigenvalue weighted by Gasteiger charge is -2.44. The van der Waals surface area contributed by atoms with Crippen molar-refractivity contribution in [1.82, 2.24) is 9.97 Å². The van der Waals surface area contributed by atoms with Crippen LogP contribution in [0.4, 0.5) is 0 Å². The summed E-state index contributed by atoms with van der Waals surface area (Å²) >= 11 is 1.54. The summed E-state index contributed by atoms with van der Waals surface area (Å²) < 4.78 is 10.9. The Bertz CT molecular complexity index is 1640. The van der Waals surface area contributed by atoms with Crippen LogP contribution in [0.2, 0.25) is 0 Å². The summed E-state index contributed by atoms with van der Waals surface area (Å²) in [4.78, 5) is 22.0. The monoisotopic (exact) mass is 600 g/mol. The maximum absolute atomic E-state index is 13.8. The topological polar surface area (TPSA) is 109 Å². The van der Waals surface area contributed by atoms with Gasteiger partial charge in [0.05, 0.1) is 36.1 Å². The third-order valence-corrected chi connectivity index (χ3v) is 10.9. The molecule has 2 bridgehead atoms. The highest BCUT2D eigenvalue weighted by atomic mass is 32.2. The van der Waals surface area contributed by atoms with Gasteiger partial charge in [0.25, 0.3) is 0 Å².